The van der Waals surface area contributed by atoms with Crippen molar-refractivity contribution in [3.63, 3.8) is 0 Å². The summed E-state index contributed by atoms with van der Waals surface area (Å²) in [6, 6.07) is -0.649. The van der Waals surface area contributed by atoms with E-state index < -0.39 is 12.1 Å². The molecule has 0 aliphatic heterocycles. The van der Waals surface area contributed by atoms with Crippen LogP contribution in [-0.4, -0.2) is 34.9 Å². The highest BCUT2D eigenvalue weighted by molar-refractivity contribution is 5.76. The molecule has 0 bridgehead atoms. The van der Waals surface area contributed by atoms with Gasteiger partial charge >= 0.3 is 0 Å². The van der Waals surface area contributed by atoms with E-state index in [1.807, 2.05) is 6.08 Å². The van der Waals surface area contributed by atoms with Crippen LogP contribution in [0.3, 0.4) is 0 Å². The van der Waals surface area contributed by atoms with Crippen molar-refractivity contribution < 1.29 is 15.0 Å². The van der Waals surface area contributed by atoms with Gasteiger partial charge in [0, 0.05) is 6.42 Å². The molecule has 0 spiro atoms. The fraction of sp³-hybridized carbons (Fsp3) is 0.738. The topological polar surface area (TPSA) is 69.6 Å². The molecule has 0 rings (SSSR count). The molecule has 0 radical (unpaired) electrons. The molecule has 4 nitrogen and oxygen atoms in total. The number of carbonyl (C=O) groups excluding carboxylic acids is 1. The number of carbonyl (C=O) groups is 1. The summed E-state index contributed by atoms with van der Waals surface area (Å²) in [6.45, 7) is 4.20. The SMILES string of the molecule is CCC/C=C/CC/C=C/CC/C=C/C(O)C(CO)NC(=O)CCCCCCCCC/C=C\C/C=C\CCCCCCCCCCC. The molecule has 0 aliphatic carbocycles. The molecule has 0 heterocycles. The minimum absolute atomic E-state index is 0.0902. The first kappa shape index (κ1) is 44.1. The number of amides is 1. The van der Waals surface area contributed by atoms with Gasteiger partial charge in [0.05, 0.1) is 18.8 Å². The fourth-order valence-electron chi connectivity index (χ4n) is 5.42. The lowest BCUT2D eigenvalue weighted by molar-refractivity contribution is -0.123. The van der Waals surface area contributed by atoms with Gasteiger partial charge in [-0.15, -0.1) is 0 Å². The van der Waals surface area contributed by atoms with Crippen LogP contribution in [0.2, 0.25) is 0 Å². The second-order valence-electron chi connectivity index (χ2n) is 13.0. The summed E-state index contributed by atoms with van der Waals surface area (Å²) < 4.78 is 0. The molecule has 266 valence electrons. The van der Waals surface area contributed by atoms with E-state index in [2.05, 4.69) is 67.8 Å². The predicted octanol–water partition coefficient (Wildman–Crippen LogP) is 11.8. The molecule has 2 atom stereocenters. The van der Waals surface area contributed by atoms with Crippen LogP contribution in [0.25, 0.3) is 0 Å². The molecule has 3 N–H and O–H groups in total. The number of aliphatic hydroxyl groups excluding tert-OH is 2. The molecule has 0 fully saturated rings. The lowest BCUT2D eigenvalue weighted by Crippen LogP contribution is -2.45. The number of hydrogen-bond acceptors (Lipinski definition) is 3. The van der Waals surface area contributed by atoms with Gasteiger partial charge in [-0.1, -0.05) is 164 Å². The molecule has 2 unspecified atom stereocenters. The zero-order valence-electron chi connectivity index (χ0n) is 30.3. The zero-order chi connectivity index (χ0) is 33.6. The Morgan fingerprint density at radius 2 is 0.957 bits per heavy atom. The molecule has 4 heteroatoms. The van der Waals surface area contributed by atoms with Gasteiger partial charge in [0.15, 0.2) is 0 Å². The van der Waals surface area contributed by atoms with Crippen molar-refractivity contribution >= 4 is 5.91 Å². The van der Waals surface area contributed by atoms with Gasteiger partial charge in [-0.2, -0.15) is 0 Å². The zero-order valence-corrected chi connectivity index (χ0v) is 30.3. The Morgan fingerprint density at radius 1 is 0.522 bits per heavy atom. The standard InChI is InChI=1S/C42H75NO3/c1-3-5-7-9-11-13-15-16-17-18-19-20-21-22-23-24-25-26-28-30-32-34-36-38-42(46)43-40(39-44)41(45)37-35-33-31-29-27-14-12-10-8-6-4-2/h8,10,19-20,22-23,27,29,35,37,40-41,44-45H,3-7,9,11-18,21,24-26,28,30-34,36,38-39H2,1-2H3,(H,43,46)/b10-8+,20-19-,23-22-,29-27+,37-35+. The van der Waals surface area contributed by atoms with Gasteiger partial charge in [-0.25, -0.2) is 0 Å². The van der Waals surface area contributed by atoms with E-state index in [0.717, 1.165) is 57.8 Å². The van der Waals surface area contributed by atoms with E-state index in [9.17, 15) is 15.0 Å². The first-order valence-electron chi connectivity index (χ1n) is 19.5. The Labute approximate surface area is 286 Å². The summed E-state index contributed by atoms with van der Waals surface area (Å²) >= 11 is 0. The Balaban J connectivity index is 3.64. The van der Waals surface area contributed by atoms with E-state index in [-0.39, 0.29) is 12.5 Å². The summed E-state index contributed by atoms with van der Waals surface area (Å²) in [5.41, 5.74) is 0. The monoisotopic (exact) mass is 642 g/mol. The lowest BCUT2D eigenvalue weighted by Gasteiger charge is -2.19. The Kier molecular flexibility index (Phi) is 36.0. The van der Waals surface area contributed by atoms with Gasteiger partial charge in [-0.3, -0.25) is 4.79 Å². The second-order valence-corrected chi connectivity index (χ2v) is 13.0. The average molecular weight is 642 g/mol. The first-order valence-corrected chi connectivity index (χ1v) is 19.5. The largest absolute Gasteiger partial charge is 0.394 e. The first-order chi connectivity index (χ1) is 22.7. The maximum absolute atomic E-state index is 12.3. The summed E-state index contributed by atoms with van der Waals surface area (Å²) in [5.74, 6) is -0.0902. The second kappa shape index (κ2) is 37.5. The molecule has 1 amide bonds. The van der Waals surface area contributed by atoms with Crippen LogP contribution < -0.4 is 5.32 Å². The third-order valence-corrected chi connectivity index (χ3v) is 8.43. The third-order valence-electron chi connectivity index (χ3n) is 8.43. The summed E-state index contributed by atoms with van der Waals surface area (Å²) in [7, 11) is 0. The van der Waals surface area contributed by atoms with Crippen LogP contribution in [0.1, 0.15) is 181 Å². The van der Waals surface area contributed by atoms with Crippen LogP contribution in [0.5, 0.6) is 0 Å². The number of rotatable bonds is 34. The Bertz CT molecular complexity index is 782. The smallest absolute Gasteiger partial charge is 0.220 e. The molecular weight excluding hydrogens is 566 g/mol. The van der Waals surface area contributed by atoms with Crippen molar-refractivity contribution in [3.05, 3.63) is 60.8 Å². The Hall–Kier alpha value is -1.91. The summed E-state index contributed by atoms with van der Waals surface area (Å²) in [6.07, 6.45) is 51.8. The van der Waals surface area contributed by atoms with Crippen LogP contribution in [0.4, 0.5) is 0 Å². The maximum atomic E-state index is 12.3. The van der Waals surface area contributed by atoms with Gasteiger partial charge in [-0.05, 0) is 70.6 Å². The molecule has 0 aromatic rings. The quantitative estimate of drug-likeness (QED) is 0.0483. The van der Waals surface area contributed by atoms with Crippen LogP contribution in [0.15, 0.2) is 60.8 Å². The molecule has 0 saturated carbocycles. The van der Waals surface area contributed by atoms with E-state index in [4.69, 9.17) is 0 Å². The van der Waals surface area contributed by atoms with Crippen LogP contribution in [-0.2, 0) is 4.79 Å². The van der Waals surface area contributed by atoms with Gasteiger partial charge < -0.3 is 15.5 Å². The van der Waals surface area contributed by atoms with Crippen LogP contribution >= 0.6 is 0 Å². The van der Waals surface area contributed by atoms with Crippen molar-refractivity contribution in [3.8, 4) is 0 Å². The van der Waals surface area contributed by atoms with Gasteiger partial charge in [0.1, 0.15) is 0 Å². The molecule has 0 aromatic heterocycles. The lowest BCUT2D eigenvalue weighted by atomic mass is 10.1. The number of aliphatic hydroxyl groups is 2. The summed E-state index contributed by atoms with van der Waals surface area (Å²) in [4.78, 5) is 12.3. The maximum Gasteiger partial charge on any atom is 0.220 e. The van der Waals surface area contributed by atoms with Crippen LogP contribution in [0, 0.1) is 0 Å². The normalized spacial score (nSPS) is 13.7. The highest BCUT2D eigenvalue weighted by atomic mass is 16.3. The highest BCUT2D eigenvalue weighted by Gasteiger charge is 2.17. The summed E-state index contributed by atoms with van der Waals surface area (Å²) in [5, 5.41) is 22.8. The van der Waals surface area contributed by atoms with Crippen molar-refractivity contribution in [2.75, 3.05) is 6.61 Å². The molecule has 0 aromatic carbocycles. The van der Waals surface area contributed by atoms with E-state index in [0.29, 0.717) is 6.42 Å². The van der Waals surface area contributed by atoms with Crippen molar-refractivity contribution in [1.29, 1.82) is 0 Å². The number of hydrogen-bond donors (Lipinski definition) is 3. The van der Waals surface area contributed by atoms with Crippen molar-refractivity contribution in [2.45, 2.75) is 193 Å². The third kappa shape index (κ3) is 33.5. The number of allylic oxidation sites excluding steroid dienone is 9. The Morgan fingerprint density at radius 3 is 1.46 bits per heavy atom. The highest BCUT2D eigenvalue weighted by Crippen LogP contribution is 2.12. The molecular formula is C42H75NO3. The van der Waals surface area contributed by atoms with Gasteiger partial charge in [0.2, 0.25) is 5.91 Å². The fourth-order valence-corrected chi connectivity index (χ4v) is 5.42. The minimum Gasteiger partial charge on any atom is -0.394 e. The molecule has 0 aliphatic rings. The van der Waals surface area contributed by atoms with E-state index in [1.165, 1.54) is 103 Å². The van der Waals surface area contributed by atoms with Crippen molar-refractivity contribution in [2.24, 2.45) is 0 Å². The van der Waals surface area contributed by atoms with Gasteiger partial charge in [0.25, 0.3) is 0 Å². The molecule has 46 heavy (non-hydrogen) atoms. The van der Waals surface area contributed by atoms with E-state index >= 15 is 0 Å². The predicted molar refractivity (Wildman–Crippen MR) is 202 cm³/mol. The minimum atomic E-state index is -0.873. The number of nitrogens with one attached hydrogen (secondary N) is 1. The van der Waals surface area contributed by atoms with Crippen molar-refractivity contribution in [1.82, 2.24) is 5.32 Å². The average Bonchev–Trinajstić information content (AvgIpc) is 3.06. The number of unbranched alkanes of at least 4 members (excludes halogenated alkanes) is 19. The molecule has 0 saturated heterocycles. The van der Waals surface area contributed by atoms with E-state index in [1.54, 1.807) is 6.08 Å².